The molecule has 134 valence electrons. The summed E-state index contributed by atoms with van der Waals surface area (Å²) in [6.45, 7) is 0. The predicted octanol–water partition coefficient (Wildman–Crippen LogP) is 3.27. The van der Waals surface area contributed by atoms with Crippen LogP contribution in [0.1, 0.15) is 0 Å². The minimum Gasteiger partial charge on any atom is -0.496 e. The largest absolute Gasteiger partial charge is 0.496 e. The fourth-order valence-electron chi connectivity index (χ4n) is 2.26. The van der Waals surface area contributed by atoms with Gasteiger partial charge in [-0.1, -0.05) is 35.5 Å². The molecule has 0 saturated carbocycles. The van der Waals surface area contributed by atoms with Crippen molar-refractivity contribution in [2.24, 2.45) is 7.05 Å². The van der Waals surface area contributed by atoms with E-state index in [9.17, 15) is 4.79 Å². The van der Waals surface area contributed by atoms with E-state index >= 15 is 0 Å². The van der Waals surface area contributed by atoms with Crippen molar-refractivity contribution in [3.05, 3.63) is 47.6 Å². The van der Waals surface area contributed by atoms with Gasteiger partial charge in [0.2, 0.25) is 5.91 Å². The maximum Gasteiger partial charge on any atom is 0.236 e. The van der Waals surface area contributed by atoms with Crippen LogP contribution >= 0.6 is 23.4 Å². The van der Waals surface area contributed by atoms with Crippen LogP contribution in [0.15, 0.2) is 47.8 Å². The molecule has 26 heavy (non-hydrogen) atoms. The number of para-hydroxylation sites is 1. The number of ether oxygens (including phenoxy) is 1. The molecule has 0 saturated heterocycles. The second-order valence-electron chi connectivity index (χ2n) is 5.26. The average molecular weight is 390 g/mol. The minimum absolute atomic E-state index is 0.183. The van der Waals surface area contributed by atoms with E-state index in [0.29, 0.717) is 27.6 Å². The van der Waals surface area contributed by atoms with Gasteiger partial charge in [0.15, 0.2) is 11.0 Å². The SMILES string of the molecule is COc1ccccc1-c1nnc(SCC(=O)Nc2ccc(Cl)cn2)n1C. The lowest BCUT2D eigenvalue weighted by atomic mass is 10.2. The molecule has 0 unspecified atom stereocenters. The van der Waals surface area contributed by atoms with Gasteiger partial charge in [-0.3, -0.25) is 4.79 Å². The van der Waals surface area contributed by atoms with Gasteiger partial charge < -0.3 is 14.6 Å². The number of halogens is 1. The summed E-state index contributed by atoms with van der Waals surface area (Å²) in [5.74, 6) is 1.83. The zero-order chi connectivity index (χ0) is 18.5. The van der Waals surface area contributed by atoms with Gasteiger partial charge in [-0.25, -0.2) is 4.98 Å². The number of carbonyl (C=O) groups is 1. The summed E-state index contributed by atoms with van der Waals surface area (Å²) < 4.78 is 7.20. The Morgan fingerprint density at radius 2 is 2.08 bits per heavy atom. The Kier molecular flexibility index (Phi) is 5.75. The standard InChI is InChI=1S/C17H16ClN5O2S/c1-23-16(12-5-3-4-6-13(12)25-2)21-22-17(23)26-10-15(24)20-14-8-7-11(18)9-19-14/h3-9H,10H2,1-2H3,(H,19,20,24). The number of nitrogens with one attached hydrogen (secondary N) is 1. The van der Waals surface area contributed by atoms with E-state index in [1.54, 1.807) is 19.2 Å². The Balaban J connectivity index is 1.67. The zero-order valence-corrected chi connectivity index (χ0v) is 15.7. The molecule has 0 aliphatic rings. The molecule has 7 nitrogen and oxygen atoms in total. The topological polar surface area (TPSA) is 81.9 Å². The van der Waals surface area contributed by atoms with E-state index < -0.39 is 0 Å². The molecule has 0 fully saturated rings. The third-order valence-electron chi connectivity index (χ3n) is 3.51. The van der Waals surface area contributed by atoms with Gasteiger partial charge in [-0.15, -0.1) is 10.2 Å². The smallest absolute Gasteiger partial charge is 0.236 e. The van der Waals surface area contributed by atoms with Gasteiger partial charge in [-0.05, 0) is 24.3 Å². The van der Waals surface area contributed by atoms with Crippen LogP contribution in [0.4, 0.5) is 5.82 Å². The van der Waals surface area contributed by atoms with Gasteiger partial charge in [0, 0.05) is 13.2 Å². The second-order valence-corrected chi connectivity index (χ2v) is 6.64. The van der Waals surface area contributed by atoms with Crippen molar-refractivity contribution in [1.82, 2.24) is 19.7 Å². The summed E-state index contributed by atoms with van der Waals surface area (Å²) in [6.07, 6.45) is 1.48. The van der Waals surface area contributed by atoms with Crippen LogP contribution in [-0.2, 0) is 11.8 Å². The molecule has 3 rings (SSSR count). The van der Waals surface area contributed by atoms with E-state index in [2.05, 4.69) is 20.5 Å². The Hall–Kier alpha value is -2.58. The fraction of sp³-hybridized carbons (Fsp3) is 0.176. The lowest BCUT2D eigenvalue weighted by molar-refractivity contribution is -0.113. The number of benzene rings is 1. The van der Waals surface area contributed by atoms with E-state index in [-0.39, 0.29) is 11.7 Å². The van der Waals surface area contributed by atoms with Gasteiger partial charge >= 0.3 is 0 Å². The van der Waals surface area contributed by atoms with Gasteiger partial charge in [0.05, 0.1) is 23.4 Å². The van der Waals surface area contributed by atoms with Gasteiger partial charge in [0.1, 0.15) is 11.6 Å². The predicted molar refractivity (Wildman–Crippen MR) is 102 cm³/mol. The highest BCUT2D eigenvalue weighted by Gasteiger charge is 2.16. The number of carbonyl (C=O) groups excluding carboxylic acids is 1. The van der Waals surface area contributed by atoms with Crippen LogP contribution in [0.5, 0.6) is 5.75 Å². The number of pyridine rings is 1. The summed E-state index contributed by atoms with van der Waals surface area (Å²) >= 11 is 7.06. The maximum absolute atomic E-state index is 12.1. The first kappa shape index (κ1) is 18.2. The third kappa shape index (κ3) is 4.14. The van der Waals surface area contributed by atoms with Crippen LogP contribution < -0.4 is 10.1 Å². The van der Waals surface area contributed by atoms with Crippen molar-refractivity contribution in [2.45, 2.75) is 5.16 Å². The average Bonchev–Trinajstić information content (AvgIpc) is 3.02. The van der Waals surface area contributed by atoms with Crippen molar-refractivity contribution >= 4 is 35.1 Å². The van der Waals surface area contributed by atoms with Crippen molar-refractivity contribution in [3.63, 3.8) is 0 Å². The molecule has 1 N–H and O–H groups in total. The summed E-state index contributed by atoms with van der Waals surface area (Å²) in [5.41, 5.74) is 0.840. The molecule has 9 heteroatoms. The van der Waals surface area contributed by atoms with Crippen molar-refractivity contribution in [1.29, 1.82) is 0 Å². The maximum atomic E-state index is 12.1. The number of anilines is 1. The monoisotopic (exact) mass is 389 g/mol. The number of rotatable bonds is 6. The molecule has 0 aliphatic carbocycles. The van der Waals surface area contributed by atoms with E-state index in [1.807, 2.05) is 35.9 Å². The first-order valence-electron chi connectivity index (χ1n) is 7.65. The molecule has 0 aliphatic heterocycles. The molecular formula is C17H16ClN5O2S. The van der Waals surface area contributed by atoms with Gasteiger partial charge in [0.25, 0.3) is 0 Å². The minimum atomic E-state index is -0.188. The third-order valence-corrected chi connectivity index (χ3v) is 4.75. The molecule has 2 heterocycles. The number of amides is 1. The number of aromatic nitrogens is 4. The molecule has 0 radical (unpaired) electrons. The first-order chi connectivity index (χ1) is 12.6. The highest BCUT2D eigenvalue weighted by molar-refractivity contribution is 7.99. The fourth-order valence-corrected chi connectivity index (χ4v) is 3.09. The van der Waals surface area contributed by atoms with E-state index in [4.69, 9.17) is 16.3 Å². The molecule has 0 bridgehead atoms. The molecule has 0 atom stereocenters. The van der Waals surface area contributed by atoms with Gasteiger partial charge in [-0.2, -0.15) is 0 Å². The van der Waals surface area contributed by atoms with Crippen molar-refractivity contribution < 1.29 is 9.53 Å². The van der Waals surface area contributed by atoms with Crippen LogP contribution in [0.25, 0.3) is 11.4 Å². The summed E-state index contributed by atoms with van der Waals surface area (Å²) in [4.78, 5) is 16.1. The second kappa shape index (κ2) is 8.20. The zero-order valence-electron chi connectivity index (χ0n) is 14.1. The lowest BCUT2D eigenvalue weighted by Gasteiger charge is -2.08. The van der Waals surface area contributed by atoms with Crippen LogP contribution in [0.2, 0.25) is 5.02 Å². The Morgan fingerprint density at radius 1 is 1.27 bits per heavy atom. The number of hydrogen-bond donors (Lipinski definition) is 1. The molecule has 0 spiro atoms. The summed E-state index contributed by atoms with van der Waals surface area (Å²) in [7, 11) is 3.46. The normalized spacial score (nSPS) is 10.6. The highest BCUT2D eigenvalue weighted by Crippen LogP contribution is 2.29. The Bertz CT molecular complexity index is 914. The summed E-state index contributed by atoms with van der Waals surface area (Å²) in [6, 6.07) is 10.9. The van der Waals surface area contributed by atoms with Crippen LogP contribution in [0, 0.1) is 0 Å². The van der Waals surface area contributed by atoms with E-state index in [0.717, 1.165) is 5.56 Å². The summed E-state index contributed by atoms with van der Waals surface area (Å²) in [5, 5.41) is 12.2. The first-order valence-corrected chi connectivity index (χ1v) is 9.02. The number of methoxy groups -OCH3 is 1. The number of hydrogen-bond acceptors (Lipinski definition) is 6. The molecular weight excluding hydrogens is 374 g/mol. The number of nitrogens with zero attached hydrogens (tertiary/aromatic N) is 4. The quantitative estimate of drug-likeness (QED) is 0.651. The lowest BCUT2D eigenvalue weighted by Crippen LogP contribution is -2.15. The van der Waals surface area contributed by atoms with Crippen LogP contribution in [-0.4, -0.2) is 38.5 Å². The Morgan fingerprint density at radius 3 is 2.81 bits per heavy atom. The molecule has 1 amide bonds. The van der Waals surface area contributed by atoms with Crippen molar-refractivity contribution in [2.75, 3.05) is 18.2 Å². The number of thioether (sulfide) groups is 1. The highest BCUT2D eigenvalue weighted by atomic mass is 35.5. The van der Waals surface area contributed by atoms with Crippen LogP contribution in [0.3, 0.4) is 0 Å². The van der Waals surface area contributed by atoms with Crippen molar-refractivity contribution in [3.8, 4) is 17.1 Å². The van der Waals surface area contributed by atoms with E-state index in [1.165, 1.54) is 18.0 Å². The molecule has 1 aromatic carbocycles. The Labute approximate surface area is 159 Å². The molecule has 2 aromatic heterocycles. The molecule has 3 aromatic rings.